The van der Waals surface area contributed by atoms with E-state index in [0.29, 0.717) is 0 Å². The van der Waals surface area contributed by atoms with Gasteiger partial charge in [0.15, 0.2) is 0 Å². The fourth-order valence-electron chi connectivity index (χ4n) is 0. The van der Waals surface area contributed by atoms with Gasteiger partial charge in [-0.1, -0.05) is 21.8 Å². The van der Waals surface area contributed by atoms with Crippen LogP contribution in [0.4, 0.5) is 4.39 Å². The van der Waals surface area contributed by atoms with Gasteiger partial charge in [0.1, 0.15) is 0 Å². The minimum absolute atomic E-state index is 0. The third kappa shape index (κ3) is 108. The van der Waals surface area contributed by atoms with Crippen LogP contribution in [-0.4, -0.2) is 0 Å². The van der Waals surface area contributed by atoms with Gasteiger partial charge in [0.25, 0.3) is 0 Å². The van der Waals surface area contributed by atoms with E-state index in [-0.39, 0.29) is 47.6 Å². The summed E-state index contributed by atoms with van der Waals surface area (Å²) < 4.78 is 9.25. The fourth-order valence-corrected chi connectivity index (χ4v) is 0. The van der Waals surface area contributed by atoms with Crippen molar-refractivity contribution in [2.24, 2.45) is 0 Å². The summed E-state index contributed by atoms with van der Waals surface area (Å²) in [6.45, 7) is 4.18. The first-order valence-electron chi connectivity index (χ1n) is 1.96. The summed E-state index contributed by atoms with van der Waals surface area (Å²) in [6, 6.07) is 0. The molecule has 0 saturated carbocycles. The standard InChI is InChI=1S/C4H9.CH2F.2CH4.Y/c1-3-4-2;1-2;;;/h3H,4H2,1-2H3;1H2;2*1H4;/q2*-1;;;. The van der Waals surface area contributed by atoms with Gasteiger partial charge in [-0.2, -0.15) is 20.5 Å². The number of halogens is 1. The van der Waals surface area contributed by atoms with Crippen molar-refractivity contribution in [2.45, 2.75) is 35.1 Å². The Bertz CT molecular complexity index is 10.9. The normalized spacial score (nSPS) is 4.00. The second-order valence-electron chi connectivity index (χ2n) is 0.816. The Labute approximate surface area is 85.5 Å². The predicted octanol–water partition coefficient (Wildman–Crippen LogP) is 3.64. The van der Waals surface area contributed by atoms with Crippen molar-refractivity contribution in [3.8, 4) is 0 Å². The van der Waals surface area contributed by atoms with Crippen molar-refractivity contribution in [1.82, 2.24) is 0 Å². The van der Waals surface area contributed by atoms with E-state index in [1.165, 1.54) is 6.42 Å². The van der Waals surface area contributed by atoms with E-state index < -0.39 is 0 Å². The largest absolute Gasteiger partial charge is 0.463 e. The SMILES string of the molecule is C.C.C[CH-]CC.[CH2-]F.[Y]. The molecule has 0 saturated heterocycles. The first-order valence-corrected chi connectivity index (χ1v) is 1.96. The molecule has 0 rings (SSSR count). The summed E-state index contributed by atoms with van der Waals surface area (Å²) in [6.07, 6.45) is 3.32. The van der Waals surface area contributed by atoms with Crippen LogP contribution in [0.2, 0.25) is 0 Å². The van der Waals surface area contributed by atoms with Crippen LogP contribution >= 0.6 is 0 Å². The van der Waals surface area contributed by atoms with Crippen molar-refractivity contribution in [3.63, 3.8) is 0 Å². The molecule has 0 aromatic heterocycles. The van der Waals surface area contributed by atoms with E-state index in [4.69, 9.17) is 0 Å². The maximum absolute atomic E-state index is 9.25. The third-order valence-corrected chi connectivity index (χ3v) is 0.408. The van der Waals surface area contributed by atoms with E-state index in [2.05, 4.69) is 20.3 Å². The van der Waals surface area contributed by atoms with Crippen LogP contribution in [0.15, 0.2) is 0 Å². The first-order chi connectivity index (χ1) is 2.91. The molecule has 0 fully saturated rings. The molecule has 9 heavy (non-hydrogen) atoms. The zero-order valence-electron chi connectivity index (χ0n) is 4.95. The molecule has 0 spiro atoms. The van der Waals surface area contributed by atoms with Crippen LogP contribution in [0.1, 0.15) is 35.1 Å². The monoisotopic (exact) mass is 211 g/mol. The molecule has 0 aliphatic carbocycles. The van der Waals surface area contributed by atoms with Gasteiger partial charge in [-0.05, 0) is 0 Å². The Morgan fingerprint density at radius 2 is 1.44 bits per heavy atom. The Morgan fingerprint density at radius 3 is 1.44 bits per heavy atom. The molecule has 0 aromatic rings. The molecule has 0 nitrogen and oxygen atoms in total. The summed E-state index contributed by atoms with van der Waals surface area (Å²) in [7, 11) is 1.75. The van der Waals surface area contributed by atoms with Crippen LogP contribution < -0.4 is 0 Å². The third-order valence-electron chi connectivity index (χ3n) is 0.408. The first kappa shape index (κ1) is 32.3. The zero-order valence-corrected chi connectivity index (χ0v) is 7.79. The van der Waals surface area contributed by atoms with Crippen LogP contribution in [-0.2, 0) is 32.7 Å². The average Bonchev–Trinajstić information content (AvgIpc) is 1.72. The minimum Gasteiger partial charge on any atom is -0.463 e. The minimum atomic E-state index is 0. The molecule has 59 valence electrons. The molecule has 0 aromatic carbocycles. The van der Waals surface area contributed by atoms with Crippen molar-refractivity contribution >= 4 is 0 Å². The Hall–Kier alpha value is 1.03. The van der Waals surface area contributed by atoms with Gasteiger partial charge in [-0.25, -0.2) is 0 Å². The van der Waals surface area contributed by atoms with E-state index in [1.807, 2.05) is 0 Å². The molecule has 1 radical (unpaired) electrons. The van der Waals surface area contributed by atoms with E-state index in [9.17, 15) is 4.39 Å². The number of unbranched alkanes of at least 4 members (excludes halogenated alkanes) is 1. The molecular formula is C7H19FY-2. The maximum atomic E-state index is 9.25. The van der Waals surface area contributed by atoms with Gasteiger partial charge in [0.2, 0.25) is 0 Å². The van der Waals surface area contributed by atoms with Crippen molar-refractivity contribution < 1.29 is 37.1 Å². The van der Waals surface area contributed by atoms with Crippen molar-refractivity contribution in [2.75, 3.05) is 0 Å². The van der Waals surface area contributed by atoms with Gasteiger partial charge in [0, 0.05) is 32.7 Å². The Balaban J connectivity index is -0.00000000990. The molecule has 0 unspecified atom stereocenters. The molecular weight excluding hydrogens is 192 g/mol. The summed E-state index contributed by atoms with van der Waals surface area (Å²) in [5.74, 6) is 0. The van der Waals surface area contributed by atoms with Gasteiger partial charge in [0.05, 0.1) is 0 Å². The van der Waals surface area contributed by atoms with Crippen molar-refractivity contribution in [3.05, 3.63) is 13.6 Å². The summed E-state index contributed by atoms with van der Waals surface area (Å²) in [5, 5.41) is 0. The molecule has 0 aliphatic rings. The molecule has 0 bridgehead atoms. The predicted molar refractivity (Wildman–Crippen MR) is 40.2 cm³/mol. The zero-order chi connectivity index (χ0) is 5.41. The molecule has 0 N–H and O–H groups in total. The summed E-state index contributed by atoms with van der Waals surface area (Å²) >= 11 is 0. The molecule has 0 amide bonds. The number of hydrogen-bond donors (Lipinski definition) is 0. The molecule has 2 heteroatoms. The van der Waals surface area contributed by atoms with Gasteiger partial charge >= 0.3 is 0 Å². The quantitative estimate of drug-likeness (QED) is 0.581. The van der Waals surface area contributed by atoms with E-state index >= 15 is 0 Å². The Morgan fingerprint density at radius 1 is 1.33 bits per heavy atom. The van der Waals surface area contributed by atoms with E-state index in [1.54, 1.807) is 7.18 Å². The number of rotatable bonds is 1. The average molecular weight is 211 g/mol. The second-order valence-corrected chi connectivity index (χ2v) is 0.816. The topological polar surface area (TPSA) is 0 Å². The fraction of sp³-hybridized carbons (Fsp3) is 0.714. The maximum Gasteiger partial charge on any atom is 0 e. The van der Waals surface area contributed by atoms with Gasteiger partial charge < -0.3 is 10.8 Å². The molecule has 0 aliphatic heterocycles. The van der Waals surface area contributed by atoms with E-state index in [0.717, 1.165) is 0 Å². The van der Waals surface area contributed by atoms with Crippen molar-refractivity contribution in [1.29, 1.82) is 0 Å². The Kier molecular flexibility index (Phi) is 227. The van der Waals surface area contributed by atoms with Gasteiger partial charge in [-0.15, -0.1) is 0 Å². The summed E-state index contributed by atoms with van der Waals surface area (Å²) in [5.41, 5.74) is 0. The van der Waals surface area contributed by atoms with Crippen LogP contribution in [0, 0.1) is 13.6 Å². The van der Waals surface area contributed by atoms with Crippen LogP contribution in [0.3, 0.4) is 0 Å². The second kappa shape index (κ2) is 63.3. The molecule has 0 atom stereocenters. The van der Waals surface area contributed by atoms with Crippen LogP contribution in [0.25, 0.3) is 0 Å². The number of hydrogen-bond acceptors (Lipinski definition) is 0. The van der Waals surface area contributed by atoms with Gasteiger partial charge in [-0.3, -0.25) is 0 Å². The van der Waals surface area contributed by atoms with Crippen LogP contribution in [0.5, 0.6) is 0 Å². The molecule has 0 heterocycles. The summed E-state index contributed by atoms with van der Waals surface area (Å²) in [4.78, 5) is 0. The smallest absolute Gasteiger partial charge is 0 e.